The molecule has 0 radical (unpaired) electrons. The van der Waals surface area contributed by atoms with Crippen molar-refractivity contribution in [3.63, 3.8) is 0 Å². The standard InChI is InChI=1S/C15H12N2O3/c1-20-12-4-2-3-11(8-12)17-9-16-13-7-10(15(18)19)5-6-14(13)17/h2-9H,1H3,(H,18,19). The van der Waals surface area contributed by atoms with E-state index in [0.29, 0.717) is 5.52 Å². The highest BCUT2D eigenvalue weighted by Crippen LogP contribution is 2.22. The van der Waals surface area contributed by atoms with Gasteiger partial charge in [-0.3, -0.25) is 4.57 Å². The predicted octanol–water partition coefficient (Wildman–Crippen LogP) is 2.73. The van der Waals surface area contributed by atoms with Crippen molar-refractivity contribution in [1.29, 1.82) is 0 Å². The highest BCUT2D eigenvalue weighted by molar-refractivity contribution is 5.92. The molecular formula is C15H12N2O3. The van der Waals surface area contributed by atoms with Crippen LogP contribution in [-0.4, -0.2) is 27.7 Å². The maximum atomic E-state index is 11.0. The Labute approximate surface area is 115 Å². The number of imidazole rings is 1. The molecule has 5 heteroatoms. The molecule has 0 aliphatic carbocycles. The molecule has 20 heavy (non-hydrogen) atoms. The lowest BCUT2D eigenvalue weighted by molar-refractivity contribution is 0.0697. The first-order valence-electron chi connectivity index (χ1n) is 6.04. The van der Waals surface area contributed by atoms with E-state index in [1.165, 1.54) is 0 Å². The Morgan fingerprint density at radius 1 is 1.25 bits per heavy atom. The Morgan fingerprint density at radius 3 is 2.85 bits per heavy atom. The molecule has 3 rings (SSSR count). The fraction of sp³-hybridized carbons (Fsp3) is 0.0667. The molecule has 0 unspecified atom stereocenters. The summed E-state index contributed by atoms with van der Waals surface area (Å²) in [6.07, 6.45) is 1.67. The van der Waals surface area contributed by atoms with E-state index in [1.807, 2.05) is 28.8 Å². The first kappa shape index (κ1) is 12.2. The molecule has 0 spiro atoms. The van der Waals surface area contributed by atoms with E-state index in [1.54, 1.807) is 31.6 Å². The van der Waals surface area contributed by atoms with Crippen LogP contribution in [0.1, 0.15) is 10.4 Å². The van der Waals surface area contributed by atoms with Crippen molar-refractivity contribution in [2.24, 2.45) is 0 Å². The largest absolute Gasteiger partial charge is 0.497 e. The van der Waals surface area contributed by atoms with Crippen LogP contribution in [0.5, 0.6) is 5.75 Å². The van der Waals surface area contributed by atoms with Crippen LogP contribution < -0.4 is 4.74 Å². The molecule has 0 atom stereocenters. The molecule has 1 aromatic heterocycles. The highest BCUT2D eigenvalue weighted by Gasteiger charge is 2.09. The van der Waals surface area contributed by atoms with Gasteiger partial charge in [-0.15, -0.1) is 0 Å². The van der Waals surface area contributed by atoms with E-state index < -0.39 is 5.97 Å². The Kier molecular flexibility index (Phi) is 2.87. The number of aromatic nitrogens is 2. The van der Waals surface area contributed by atoms with Crippen LogP contribution in [0.2, 0.25) is 0 Å². The van der Waals surface area contributed by atoms with Crippen LogP contribution >= 0.6 is 0 Å². The van der Waals surface area contributed by atoms with Crippen LogP contribution in [0.3, 0.4) is 0 Å². The number of carboxylic acid groups (broad SMARTS) is 1. The quantitative estimate of drug-likeness (QED) is 0.793. The molecule has 0 aliphatic heterocycles. The predicted molar refractivity (Wildman–Crippen MR) is 74.6 cm³/mol. The number of ether oxygens (including phenoxy) is 1. The number of hydrogen-bond acceptors (Lipinski definition) is 3. The van der Waals surface area contributed by atoms with Gasteiger partial charge in [0.2, 0.25) is 0 Å². The minimum absolute atomic E-state index is 0.230. The number of hydrogen-bond donors (Lipinski definition) is 1. The Hall–Kier alpha value is -2.82. The van der Waals surface area contributed by atoms with Gasteiger partial charge in [0, 0.05) is 6.07 Å². The smallest absolute Gasteiger partial charge is 0.335 e. The van der Waals surface area contributed by atoms with Gasteiger partial charge in [-0.2, -0.15) is 0 Å². The zero-order valence-electron chi connectivity index (χ0n) is 10.8. The zero-order chi connectivity index (χ0) is 14.1. The van der Waals surface area contributed by atoms with Gasteiger partial charge in [-0.1, -0.05) is 6.07 Å². The first-order valence-corrected chi connectivity index (χ1v) is 6.04. The topological polar surface area (TPSA) is 64.4 Å². The van der Waals surface area contributed by atoms with Gasteiger partial charge in [0.15, 0.2) is 0 Å². The number of aromatic carboxylic acids is 1. The lowest BCUT2D eigenvalue weighted by Crippen LogP contribution is -1.96. The van der Waals surface area contributed by atoms with Gasteiger partial charge in [0.25, 0.3) is 0 Å². The first-order chi connectivity index (χ1) is 9.69. The molecule has 2 aromatic carbocycles. The third kappa shape index (κ3) is 1.99. The Bertz CT molecular complexity index is 793. The molecule has 1 heterocycles. The van der Waals surface area contributed by atoms with Crippen LogP contribution in [-0.2, 0) is 0 Å². The third-order valence-corrected chi connectivity index (χ3v) is 3.13. The van der Waals surface area contributed by atoms with Gasteiger partial charge in [0.1, 0.15) is 12.1 Å². The molecule has 5 nitrogen and oxygen atoms in total. The summed E-state index contributed by atoms with van der Waals surface area (Å²) in [5.41, 5.74) is 2.64. The summed E-state index contributed by atoms with van der Waals surface area (Å²) >= 11 is 0. The molecule has 0 saturated heterocycles. The van der Waals surface area contributed by atoms with E-state index in [2.05, 4.69) is 4.98 Å². The fourth-order valence-electron chi connectivity index (χ4n) is 2.11. The third-order valence-electron chi connectivity index (χ3n) is 3.13. The van der Waals surface area contributed by atoms with E-state index in [9.17, 15) is 4.79 Å². The van der Waals surface area contributed by atoms with Gasteiger partial charge in [-0.25, -0.2) is 9.78 Å². The normalized spacial score (nSPS) is 10.7. The minimum atomic E-state index is -0.956. The summed E-state index contributed by atoms with van der Waals surface area (Å²) in [4.78, 5) is 15.2. The minimum Gasteiger partial charge on any atom is -0.497 e. The maximum absolute atomic E-state index is 11.0. The van der Waals surface area contributed by atoms with E-state index in [-0.39, 0.29) is 5.56 Å². The van der Waals surface area contributed by atoms with Crippen molar-refractivity contribution in [2.75, 3.05) is 7.11 Å². The molecule has 100 valence electrons. The average Bonchev–Trinajstić information content (AvgIpc) is 2.90. The number of rotatable bonds is 3. The molecule has 0 bridgehead atoms. The molecule has 0 amide bonds. The number of nitrogens with zero attached hydrogens (tertiary/aromatic N) is 2. The number of benzene rings is 2. The lowest BCUT2D eigenvalue weighted by atomic mass is 10.2. The zero-order valence-corrected chi connectivity index (χ0v) is 10.8. The second-order valence-electron chi connectivity index (χ2n) is 4.32. The summed E-state index contributed by atoms with van der Waals surface area (Å²) in [6.45, 7) is 0. The number of methoxy groups -OCH3 is 1. The van der Waals surface area contributed by atoms with Crippen molar-refractivity contribution in [3.05, 3.63) is 54.4 Å². The second-order valence-corrected chi connectivity index (χ2v) is 4.32. The van der Waals surface area contributed by atoms with Crippen molar-refractivity contribution < 1.29 is 14.6 Å². The van der Waals surface area contributed by atoms with Crippen LogP contribution in [0.4, 0.5) is 0 Å². The van der Waals surface area contributed by atoms with E-state index in [0.717, 1.165) is 17.0 Å². The van der Waals surface area contributed by atoms with Gasteiger partial charge >= 0.3 is 5.97 Å². The molecule has 0 saturated carbocycles. The van der Waals surface area contributed by atoms with Crippen molar-refractivity contribution in [2.45, 2.75) is 0 Å². The van der Waals surface area contributed by atoms with E-state index in [4.69, 9.17) is 9.84 Å². The summed E-state index contributed by atoms with van der Waals surface area (Å²) < 4.78 is 7.10. The molecule has 3 aromatic rings. The van der Waals surface area contributed by atoms with Crippen molar-refractivity contribution in [3.8, 4) is 11.4 Å². The average molecular weight is 268 g/mol. The molecule has 1 N–H and O–H groups in total. The number of carbonyl (C=O) groups is 1. The van der Waals surface area contributed by atoms with Crippen LogP contribution in [0, 0.1) is 0 Å². The van der Waals surface area contributed by atoms with Gasteiger partial charge in [0.05, 0.1) is 29.4 Å². The molecule has 0 fully saturated rings. The van der Waals surface area contributed by atoms with Crippen molar-refractivity contribution >= 4 is 17.0 Å². The SMILES string of the molecule is COc1cccc(-n2cnc3cc(C(=O)O)ccc32)c1. The Morgan fingerprint density at radius 2 is 2.10 bits per heavy atom. The van der Waals surface area contributed by atoms with E-state index >= 15 is 0 Å². The summed E-state index contributed by atoms with van der Waals surface area (Å²) in [5.74, 6) is -0.200. The second kappa shape index (κ2) is 4.70. The lowest BCUT2D eigenvalue weighted by Gasteiger charge is -2.06. The van der Waals surface area contributed by atoms with Gasteiger partial charge in [-0.05, 0) is 30.3 Å². The molecule has 0 aliphatic rings. The Balaban J connectivity index is 2.14. The van der Waals surface area contributed by atoms with Crippen LogP contribution in [0.25, 0.3) is 16.7 Å². The monoisotopic (exact) mass is 268 g/mol. The van der Waals surface area contributed by atoms with Crippen molar-refractivity contribution in [1.82, 2.24) is 9.55 Å². The highest BCUT2D eigenvalue weighted by atomic mass is 16.5. The maximum Gasteiger partial charge on any atom is 0.335 e. The molecular weight excluding hydrogens is 256 g/mol. The van der Waals surface area contributed by atoms with Gasteiger partial charge < -0.3 is 9.84 Å². The summed E-state index contributed by atoms with van der Waals surface area (Å²) in [6, 6.07) is 12.5. The summed E-state index contributed by atoms with van der Waals surface area (Å²) in [7, 11) is 1.62. The number of fused-ring (bicyclic) bond motifs is 1. The number of carboxylic acids is 1. The fourth-order valence-corrected chi connectivity index (χ4v) is 2.11. The van der Waals surface area contributed by atoms with Crippen LogP contribution in [0.15, 0.2) is 48.8 Å². The summed E-state index contributed by atoms with van der Waals surface area (Å²) in [5, 5.41) is 8.99.